The maximum Gasteiger partial charge on any atom is 0.222 e. The molecule has 0 unspecified atom stereocenters. The van der Waals surface area contributed by atoms with Crippen LogP contribution in [0.1, 0.15) is 194 Å². The highest BCUT2D eigenvalue weighted by molar-refractivity contribution is 5.76. The predicted molar refractivity (Wildman–Crippen MR) is 243 cm³/mol. The normalized spacial score (nSPS) is 17.2. The molecular weight excluding hydrogens is 689 g/mol. The lowest BCUT2D eigenvalue weighted by Crippen LogP contribution is -2.59. The number of piperazine rings is 2. The largest absolute Gasteiger partial charge is 0.331 e. The van der Waals surface area contributed by atoms with Gasteiger partial charge in [-0.3, -0.25) is 9.59 Å². The van der Waals surface area contributed by atoms with Crippen LogP contribution in [0.5, 0.6) is 0 Å². The van der Waals surface area contributed by atoms with Gasteiger partial charge in [-0.2, -0.15) is 0 Å². The molecule has 2 aliphatic rings. The van der Waals surface area contributed by atoms with Gasteiger partial charge in [0.05, 0.1) is 79.5 Å². The molecule has 324 valence electrons. The molecule has 0 aromatic carbocycles. The summed E-state index contributed by atoms with van der Waals surface area (Å²) in [7, 11) is 4.71. The molecule has 0 bridgehead atoms. The lowest BCUT2D eigenvalue weighted by molar-refractivity contribution is -0.909. The van der Waals surface area contributed by atoms with E-state index in [0.29, 0.717) is 11.8 Å². The first kappa shape index (κ1) is 50.2. The molecule has 2 saturated heterocycles. The maximum absolute atomic E-state index is 12.9. The number of unbranched alkanes of at least 4 members (excludes halogenated alkanes) is 22. The van der Waals surface area contributed by atoms with E-state index in [2.05, 4.69) is 74.2 Å². The molecule has 6 nitrogen and oxygen atoms in total. The van der Waals surface area contributed by atoms with Crippen LogP contribution in [-0.4, -0.2) is 110 Å². The number of amides is 2. The Morgan fingerprint density at radius 3 is 0.964 bits per heavy atom. The summed E-state index contributed by atoms with van der Waals surface area (Å²) in [5.41, 5.74) is 0. The van der Waals surface area contributed by atoms with Gasteiger partial charge in [0.2, 0.25) is 11.8 Å². The van der Waals surface area contributed by atoms with Gasteiger partial charge in [0, 0.05) is 12.8 Å². The highest BCUT2D eigenvalue weighted by atomic mass is 16.2. The van der Waals surface area contributed by atoms with Crippen LogP contribution in [0.25, 0.3) is 0 Å². The topological polar surface area (TPSA) is 40.6 Å². The van der Waals surface area contributed by atoms with Crippen molar-refractivity contribution in [2.45, 2.75) is 194 Å². The lowest BCUT2D eigenvalue weighted by Gasteiger charge is -2.42. The highest BCUT2D eigenvalue weighted by Gasteiger charge is 2.31. The van der Waals surface area contributed by atoms with Crippen molar-refractivity contribution in [2.75, 3.05) is 79.5 Å². The Bertz CT molecular complexity index is 969. The van der Waals surface area contributed by atoms with E-state index >= 15 is 0 Å². The molecule has 2 heterocycles. The number of nitrogens with zero attached hydrogens (tertiary/aromatic N) is 4. The van der Waals surface area contributed by atoms with Crippen molar-refractivity contribution in [3.8, 4) is 0 Å². The second-order valence-electron chi connectivity index (χ2n) is 18.4. The van der Waals surface area contributed by atoms with Crippen LogP contribution < -0.4 is 0 Å². The van der Waals surface area contributed by atoms with E-state index in [1.165, 1.54) is 154 Å². The molecule has 56 heavy (non-hydrogen) atoms. The van der Waals surface area contributed by atoms with E-state index in [4.69, 9.17) is 0 Å². The molecule has 0 radical (unpaired) electrons. The number of allylic oxidation sites excluding steroid dienone is 4. The Labute approximate surface area is 348 Å². The van der Waals surface area contributed by atoms with Crippen LogP contribution in [0.3, 0.4) is 0 Å². The standard InChI is InChI=1S/C50H94N4O2/c1-5-7-9-11-13-15-17-19-21-23-25-27-29-31-33-37-49(55)51-39-45-53(3,46-40-51)43-35-36-44-54(4)47-41-52(42-48-54)50(56)38-34-32-30-28-26-24-22-20-18-16-14-12-10-8-6-2/h19-22,35-36H,5-18,23-34,37-48H2,1-4H3/q+2/b21-19-,22-20+,36-35-. The van der Waals surface area contributed by atoms with E-state index in [-0.39, 0.29) is 0 Å². The second kappa shape index (κ2) is 33.0. The first-order chi connectivity index (χ1) is 27.3. The molecule has 0 atom stereocenters. The van der Waals surface area contributed by atoms with Crippen molar-refractivity contribution in [1.29, 1.82) is 0 Å². The van der Waals surface area contributed by atoms with Crippen molar-refractivity contribution in [2.24, 2.45) is 0 Å². The number of carbonyl (C=O) groups is 2. The average Bonchev–Trinajstić information content (AvgIpc) is 3.20. The average molecular weight is 783 g/mol. The molecule has 0 aliphatic carbocycles. The summed E-state index contributed by atoms with van der Waals surface area (Å²) in [6, 6.07) is 0. The van der Waals surface area contributed by atoms with Gasteiger partial charge in [0.15, 0.2) is 0 Å². The van der Waals surface area contributed by atoms with E-state index in [1.807, 2.05) is 0 Å². The Morgan fingerprint density at radius 2 is 0.661 bits per heavy atom. The van der Waals surface area contributed by atoms with Gasteiger partial charge in [0.1, 0.15) is 0 Å². The number of carbonyl (C=O) groups excluding carboxylic acids is 2. The third-order valence-corrected chi connectivity index (χ3v) is 12.9. The molecule has 2 aliphatic heterocycles. The minimum Gasteiger partial charge on any atom is -0.331 e. The van der Waals surface area contributed by atoms with Crippen molar-refractivity contribution in [3.05, 3.63) is 36.5 Å². The first-order valence-corrected chi connectivity index (χ1v) is 24.5. The van der Waals surface area contributed by atoms with Gasteiger partial charge in [-0.15, -0.1) is 0 Å². The Morgan fingerprint density at radius 1 is 0.393 bits per heavy atom. The number of quaternary nitrogens is 2. The van der Waals surface area contributed by atoms with Crippen molar-refractivity contribution >= 4 is 11.8 Å². The molecule has 2 amide bonds. The summed E-state index contributed by atoms with van der Waals surface area (Å²) < 4.78 is 2.05. The van der Waals surface area contributed by atoms with Gasteiger partial charge >= 0.3 is 0 Å². The highest BCUT2D eigenvalue weighted by Crippen LogP contribution is 2.17. The Hall–Kier alpha value is -1.92. The van der Waals surface area contributed by atoms with Crippen LogP contribution in [0.4, 0.5) is 0 Å². The molecular formula is C50H94N4O2+2. The molecule has 0 saturated carbocycles. The molecule has 0 aromatic rings. The van der Waals surface area contributed by atoms with Gasteiger partial charge in [-0.25, -0.2) is 0 Å². The van der Waals surface area contributed by atoms with Crippen molar-refractivity contribution in [3.63, 3.8) is 0 Å². The predicted octanol–water partition coefficient (Wildman–Crippen LogP) is 12.2. The summed E-state index contributed by atoms with van der Waals surface area (Å²) in [5.74, 6) is 0.735. The number of likely N-dealkylation sites (N-methyl/N-ethyl adjacent to an activating group) is 2. The number of hydrogen-bond donors (Lipinski definition) is 0. The van der Waals surface area contributed by atoms with E-state index < -0.39 is 0 Å². The van der Waals surface area contributed by atoms with E-state index in [1.54, 1.807) is 0 Å². The van der Waals surface area contributed by atoms with Crippen molar-refractivity contribution in [1.82, 2.24) is 9.80 Å². The van der Waals surface area contributed by atoms with Crippen LogP contribution in [0.2, 0.25) is 0 Å². The minimum atomic E-state index is 0.368. The van der Waals surface area contributed by atoms with E-state index in [9.17, 15) is 9.59 Å². The molecule has 2 fully saturated rings. The number of rotatable bonds is 34. The summed E-state index contributed by atoms with van der Waals surface area (Å²) in [5, 5.41) is 0. The zero-order valence-corrected chi connectivity index (χ0v) is 37.9. The summed E-state index contributed by atoms with van der Waals surface area (Å²) in [6.45, 7) is 14.4. The SMILES string of the molecule is CCCCCCCC/C=C\CCCCCCCC(=O)N1CC[N+](C)(C/C=C\C[N+]2(C)CCN(C(=O)CCCCCCC/C=C/CCCCCCCC)CC2)CC1. The molecule has 2 rings (SSSR count). The molecule has 0 spiro atoms. The molecule has 6 heteroatoms. The third kappa shape index (κ3) is 25.4. The number of hydrogen-bond acceptors (Lipinski definition) is 2. The van der Waals surface area contributed by atoms with Crippen molar-refractivity contribution < 1.29 is 18.6 Å². The minimum absolute atomic E-state index is 0.368. The zero-order chi connectivity index (χ0) is 40.4. The fourth-order valence-electron chi connectivity index (χ4n) is 8.43. The fourth-order valence-corrected chi connectivity index (χ4v) is 8.43. The van der Waals surface area contributed by atoms with Gasteiger partial charge in [0.25, 0.3) is 0 Å². The summed E-state index contributed by atoms with van der Waals surface area (Å²) in [6.07, 6.45) is 49.4. The van der Waals surface area contributed by atoms with Gasteiger partial charge < -0.3 is 18.8 Å². The lowest BCUT2D eigenvalue weighted by atomic mass is 10.1. The van der Waals surface area contributed by atoms with Crippen LogP contribution >= 0.6 is 0 Å². The quantitative estimate of drug-likeness (QED) is 0.0371. The molecule has 0 N–H and O–H groups in total. The van der Waals surface area contributed by atoms with E-state index in [0.717, 1.165) is 100 Å². The zero-order valence-electron chi connectivity index (χ0n) is 37.9. The molecule has 0 aromatic heterocycles. The van der Waals surface area contributed by atoms with Gasteiger partial charge in [-0.1, -0.05) is 141 Å². The Balaban J connectivity index is 1.44. The maximum atomic E-state index is 12.9. The Kier molecular flexibility index (Phi) is 29.6. The monoisotopic (exact) mass is 783 g/mol. The first-order valence-electron chi connectivity index (χ1n) is 24.5. The summed E-state index contributed by atoms with van der Waals surface area (Å²) in [4.78, 5) is 30.1. The van der Waals surface area contributed by atoms with Gasteiger partial charge in [-0.05, 0) is 76.4 Å². The van der Waals surface area contributed by atoms with Crippen LogP contribution in [0, 0.1) is 0 Å². The summed E-state index contributed by atoms with van der Waals surface area (Å²) >= 11 is 0. The van der Waals surface area contributed by atoms with Crippen LogP contribution in [0.15, 0.2) is 36.5 Å². The smallest absolute Gasteiger partial charge is 0.222 e. The second-order valence-corrected chi connectivity index (χ2v) is 18.4. The van der Waals surface area contributed by atoms with Crippen LogP contribution in [-0.2, 0) is 9.59 Å². The fraction of sp³-hybridized carbons (Fsp3) is 0.840. The third-order valence-electron chi connectivity index (χ3n) is 12.9.